The predicted molar refractivity (Wildman–Crippen MR) is 116 cm³/mol. The molecular formula is C24H21NO6. The van der Waals surface area contributed by atoms with Gasteiger partial charge in [0, 0.05) is 16.8 Å². The van der Waals surface area contributed by atoms with Crippen LogP contribution in [0.1, 0.15) is 6.42 Å². The van der Waals surface area contributed by atoms with Gasteiger partial charge in [-0.2, -0.15) is 0 Å². The van der Waals surface area contributed by atoms with Crippen LogP contribution in [0.15, 0.2) is 71.1 Å². The summed E-state index contributed by atoms with van der Waals surface area (Å²) in [6.45, 7) is -0.244. The van der Waals surface area contributed by atoms with Crippen LogP contribution in [-0.4, -0.2) is 32.2 Å². The molecule has 1 N–H and O–H groups in total. The van der Waals surface area contributed by atoms with Crippen molar-refractivity contribution in [2.75, 3.05) is 25.6 Å². The third-order valence-corrected chi connectivity index (χ3v) is 4.66. The van der Waals surface area contributed by atoms with Crippen molar-refractivity contribution in [3.63, 3.8) is 0 Å². The van der Waals surface area contributed by atoms with Crippen LogP contribution in [0.5, 0.6) is 11.5 Å². The average Bonchev–Trinajstić information content (AvgIpc) is 3.15. The summed E-state index contributed by atoms with van der Waals surface area (Å²) >= 11 is 0. The number of ether oxygens (including phenoxy) is 3. The number of anilines is 1. The first-order valence-electron chi connectivity index (χ1n) is 9.76. The number of furan rings is 1. The SMILES string of the molecule is COc1cc2c(cc1NC(=O)COC(=O)CCOc1ccccc1)oc1ccccc12. The molecule has 1 heterocycles. The minimum absolute atomic E-state index is 0.0381. The van der Waals surface area contributed by atoms with Crippen molar-refractivity contribution in [1.82, 2.24) is 0 Å². The van der Waals surface area contributed by atoms with Crippen molar-refractivity contribution in [3.05, 3.63) is 66.7 Å². The fourth-order valence-electron chi connectivity index (χ4n) is 3.19. The molecule has 3 aromatic carbocycles. The van der Waals surface area contributed by atoms with E-state index in [-0.39, 0.29) is 13.0 Å². The maximum absolute atomic E-state index is 12.3. The van der Waals surface area contributed by atoms with Gasteiger partial charge in [-0.25, -0.2) is 0 Å². The molecule has 0 aliphatic heterocycles. The predicted octanol–water partition coefficient (Wildman–Crippen LogP) is 4.55. The molecule has 158 valence electrons. The van der Waals surface area contributed by atoms with Crippen molar-refractivity contribution in [2.24, 2.45) is 0 Å². The van der Waals surface area contributed by atoms with Crippen molar-refractivity contribution < 1.29 is 28.2 Å². The van der Waals surface area contributed by atoms with Crippen LogP contribution in [0.25, 0.3) is 21.9 Å². The second-order valence-corrected chi connectivity index (χ2v) is 6.77. The van der Waals surface area contributed by atoms with Crippen molar-refractivity contribution >= 4 is 39.5 Å². The Morgan fingerprint density at radius 2 is 1.71 bits per heavy atom. The first-order chi connectivity index (χ1) is 15.1. The molecule has 0 spiro atoms. The Balaban J connectivity index is 1.34. The van der Waals surface area contributed by atoms with E-state index >= 15 is 0 Å². The highest BCUT2D eigenvalue weighted by Crippen LogP contribution is 2.36. The fourth-order valence-corrected chi connectivity index (χ4v) is 3.19. The Hall–Kier alpha value is -4.00. The molecule has 1 aromatic heterocycles. The number of methoxy groups -OCH3 is 1. The molecule has 0 radical (unpaired) electrons. The molecule has 4 aromatic rings. The summed E-state index contributed by atoms with van der Waals surface area (Å²) in [7, 11) is 1.52. The van der Waals surface area contributed by atoms with E-state index in [2.05, 4.69) is 5.32 Å². The zero-order valence-corrected chi connectivity index (χ0v) is 16.9. The Morgan fingerprint density at radius 3 is 2.52 bits per heavy atom. The lowest BCUT2D eigenvalue weighted by Crippen LogP contribution is -2.22. The molecule has 31 heavy (non-hydrogen) atoms. The molecule has 0 saturated heterocycles. The normalized spacial score (nSPS) is 10.7. The number of hydrogen-bond acceptors (Lipinski definition) is 6. The van der Waals surface area contributed by atoms with Crippen LogP contribution < -0.4 is 14.8 Å². The molecule has 0 unspecified atom stereocenters. The van der Waals surface area contributed by atoms with Gasteiger partial charge in [0.1, 0.15) is 22.7 Å². The van der Waals surface area contributed by atoms with Crippen LogP contribution in [0.2, 0.25) is 0 Å². The number of fused-ring (bicyclic) bond motifs is 3. The monoisotopic (exact) mass is 419 g/mol. The Labute approximate surface area is 178 Å². The van der Waals surface area contributed by atoms with Gasteiger partial charge in [-0.15, -0.1) is 0 Å². The zero-order chi connectivity index (χ0) is 21.6. The van der Waals surface area contributed by atoms with Gasteiger partial charge in [-0.3, -0.25) is 9.59 Å². The first-order valence-corrected chi connectivity index (χ1v) is 9.76. The fraction of sp³-hybridized carbons (Fsp3) is 0.167. The topological polar surface area (TPSA) is 87.0 Å². The highest BCUT2D eigenvalue weighted by atomic mass is 16.5. The number of benzene rings is 3. The Kier molecular flexibility index (Phi) is 6.03. The molecule has 0 atom stereocenters. The number of para-hydroxylation sites is 2. The lowest BCUT2D eigenvalue weighted by molar-refractivity contribution is -0.147. The molecule has 7 heteroatoms. The Morgan fingerprint density at radius 1 is 0.935 bits per heavy atom. The quantitative estimate of drug-likeness (QED) is 0.422. The minimum Gasteiger partial charge on any atom is -0.495 e. The summed E-state index contributed by atoms with van der Waals surface area (Å²) in [5.41, 5.74) is 1.80. The summed E-state index contributed by atoms with van der Waals surface area (Å²) in [4.78, 5) is 24.1. The van der Waals surface area contributed by atoms with E-state index < -0.39 is 18.5 Å². The summed E-state index contributed by atoms with van der Waals surface area (Å²) in [6.07, 6.45) is 0.0381. The standard InChI is InChI=1S/C24H21NO6/c1-28-22-13-18-17-9-5-6-10-20(17)31-21(18)14-19(22)25-23(26)15-30-24(27)11-12-29-16-7-3-2-4-8-16/h2-10,13-14H,11-12,15H2,1H3,(H,25,26). The molecule has 0 saturated carbocycles. The van der Waals surface area contributed by atoms with Crippen LogP contribution >= 0.6 is 0 Å². The van der Waals surface area contributed by atoms with Crippen molar-refractivity contribution in [1.29, 1.82) is 0 Å². The largest absolute Gasteiger partial charge is 0.495 e. The van der Waals surface area contributed by atoms with Crippen LogP contribution in [0.4, 0.5) is 5.69 Å². The average molecular weight is 419 g/mol. The third-order valence-electron chi connectivity index (χ3n) is 4.66. The molecule has 7 nitrogen and oxygen atoms in total. The van der Waals surface area contributed by atoms with Gasteiger partial charge >= 0.3 is 5.97 Å². The van der Waals surface area contributed by atoms with E-state index in [1.54, 1.807) is 18.2 Å². The summed E-state index contributed by atoms with van der Waals surface area (Å²) in [5, 5.41) is 4.55. The molecule has 0 aliphatic carbocycles. The lowest BCUT2D eigenvalue weighted by Gasteiger charge is -2.11. The van der Waals surface area contributed by atoms with E-state index in [1.807, 2.05) is 48.5 Å². The molecule has 4 rings (SSSR count). The maximum Gasteiger partial charge on any atom is 0.309 e. The van der Waals surface area contributed by atoms with E-state index in [9.17, 15) is 9.59 Å². The van der Waals surface area contributed by atoms with Gasteiger partial charge in [-0.1, -0.05) is 36.4 Å². The van der Waals surface area contributed by atoms with Crippen molar-refractivity contribution in [2.45, 2.75) is 6.42 Å². The van der Waals surface area contributed by atoms with Gasteiger partial charge in [0.25, 0.3) is 5.91 Å². The lowest BCUT2D eigenvalue weighted by atomic mass is 10.1. The van der Waals surface area contributed by atoms with Gasteiger partial charge in [0.05, 0.1) is 25.8 Å². The summed E-state index contributed by atoms with van der Waals surface area (Å²) in [6, 6.07) is 20.3. The van der Waals surface area contributed by atoms with Crippen LogP contribution in [0.3, 0.4) is 0 Å². The van der Waals surface area contributed by atoms with E-state index in [0.29, 0.717) is 22.8 Å². The molecule has 0 aliphatic rings. The number of carbonyl (C=O) groups is 2. The molecule has 1 amide bonds. The second kappa shape index (κ2) is 9.21. The van der Waals surface area contributed by atoms with Gasteiger partial charge in [0.15, 0.2) is 6.61 Å². The van der Waals surface area contributed by atoms with E-state index in [0.717, 1.165) is 16.4 Å². The van der Waals surface area contributed by atoms with E-state index in [1.165, 1.54) is 7.11 Å². The second-order valence-electron chi connectivity index (χ2n) is 6.77. The van der Waals surface area contributed by atoms with Crippen molar-refractivity contribution in [3.8, 4) is 11.5 Å². The first kappa shape index (κ1) is 20.3. The van der Waals surface area contributed by atoms with Gasteiger partial charge in [0.2, 0.25) is 0 Å². The molecule has 0 bridgehead atoms. The number of rotatable bonds is 8. The van der Waals surface area contributed by atoms with Gasteiger partial charge in [-0.05, 0) is 24.3 Å². The summed E-state index contributed by atoms with van der Waals surface area (Å²) < 4.78 is 21.7. The smallest absolute Gasteiger partial charge is 0.309 e. The third kappa shape index (κ3) is 4.78. The van der Waals surface area contributed by atoms with E-state index in [4.69, 9.17) is 18.6 Å². The Bertz CT molecular complexity index is 1210. The van der Waals surface area contributed by atoms with Crippen LogP contribution in [0, 0.1) is 0 Å². The number of esters is 1. The number of amides is 1. The highest BCUT2D eigenvalue weighted by molar-refractivity contribution is 6.07. The molecule has 0 fully saturated rings. The summed E-state index contributed by atoms with van der Waals surface area (Å²) in [5.74, 6) is 0.146. The number of carbonyl (C=O) groups excluding carboxylic acids is 2. The highest BCUT2D eigenvalue weighted by Gasteiger charge is 2.15. The van der Waals surface area contributed by atoms with Gasteiger partial charge < -0.3 is 23.9 Å². The number of hydrogen-bond donors (Lipinski definition) is 1. The molecular weight excluding hydrogens is 398 g/mol. The number of nitrogens with one attached hydrogen (secondary N) is 1. The zero-order valence-electron chi connectivity index (χ0n) is 16.9. The van der Waals surface area contributed by atoms with Crippen LogP contribution in [-0.2, 0) is 14.3 Å². The maximum atomic E-state index is 12.3. The minimum atomic E-state index is -0.522.